The van der Waals surface area contributed by atoms with Crippen LogP contribution >= 0.6 is 0 Å². The molecule has 0 spiro atoms. The second-order valence-electron chi connectivity index (χ2n) is 3.84. The van der Waals surface area contributed by atoms with Gasteiger partial charge in [0.15, 0.2) is 0 Å². The average molecular weight is 224 g/mol. The molecule has 0 fully saturated rings. The Morgan fingerprint density at radius 2 is 2.29 bits per heavy atom. The fraction of sp³-hybridized carbons (Fsp3) is 0.200. The van der Waals surface area contributed by atoms with E-state index in [0.29, 0.717) is 0 Å². The minimum atomic E-state index is 0.874. The summed E-state index contributed by atoms with van der Waals surface area (Å²) in [6, 6.07) is 0. The molecule has 0 atom stereocenters. The molecule has 0 saturated carbocycles. The van der Waals surface area contributed by atoms with Crippen LogP contribution in [0.3, 0.4) is 0 Å². The molecule has 0 saturated heterocycles. The number of aromatic nitrogens is 1. The zero-order valence-corrected chi connectivity index (χ0v) is 10.2. The number of hydrogen-bond donors (Lipinski definition) is 1. The SMILES string of the molecule is CC#Cc1c(/C=C\C)c2c(n1N)=CCC=CC=2. The van der Waals surface area contributed by atoms with Crippen molar-refractivity contribution in [3.63, 3.8) is 0 Å². The van der Waals surface area contributed by atoms with E-state index in [9.17, 15) is 0 Å². The minimum Gasteiger partial charge on any atom is -0.338 e. The largest absolute Gasteiger partial charge is 0.338 e. The molecule has 1 heterocycles. The van der Waals surface area contributed by atoms with Gasteiger partial charge in [-0.2, -0.15) is 0 Å². The fourth-order valence-corrected chi connectivity index (χ4v) is 2.03. The first-order valence-electron chi connectivity index (χ1n) is 5.72. The van der Waals surface area contributed by atoms with E-state index in [4.69, 9.17) is 5.84 Å². The summed E-state index contributed by atoms with van der Waals surface area (Å²) in [5.41, 5.74) is 1.97. The second-order valence-corrected chi connectivity index (χ2v) is 3.84. The molecular weight excluding hydrogens is 208 g/mol. The van der Waals surface area contributed by atoms with E-state index in [2.05, 4.69) is 42.2 Å². The number of hydrogen-bond acceptors (Lipinski definition) is 1. The smallest absolute Gasteiger partial charge is 0.120 e. The van der Waals surface area contributed by atoms with Gasteiger partial charge in [0.25, 0.3) is 0 Å². The number of nitrogens with zero attached hydrogens (tertiary/aromatic N) is 1. The van der Waals surface area contributed by atoms with Gasteiger partial charge in [-0.1, -0.05) is 42.4 Å². The van der Waals surface area contributed by atoms with Crippen molar-refractivity contribution in [2.45, 2.75) is 20.3 Å². The predicted octanol–water partition coefficient (Wildman–Crippen LogP) is 1.13. The van der Waals surface area contributed by atoms with Crippen LogP contribution in [0.2, 0.25) is 0 Å². The lowest BCUT2D eigenvalue weighted by atomic mass is 10.1. The van der Waals surface area contributed by atoms with Gasteiger partial charge >= 0.3 is 0 Å². The molecule has 0 aromatic carbocycles. The summed E-state index contributed by atoms with van der Waals surface area (Å²) in [4.78, 5) is 0. The third kappa shape index (κ3) is 1.92. The Morgan fingerprint density at radius 3 is 3.00 bits per heavy atom. The third-order valence-electron chi connectivity index (χ3n) is 2.74. The van der Waals surface area contributed by atoms with Gasteiger partial charge in [-0.15, -0.1) is 0 Å². The summed E-state index contributed by atoms with van der Waals surface area (Å²) in [6.07, 6.45) is 13.4. The van der Waals surface area contributed by atoms with E-state index in [1.807, 2.05) is 19.9 Å². The standard InChI is InChI=1S/C15H16N2/c1-3-8-12-13-10-6-5-7-11-15(13)17(16)14(12)9-4-2/h3,5-6,8,10-11H,7,16H2,1-2H3/b8-3-. The third-order valence-corrected chi connectivity index (χ3v) is 2.74. The maximum absolute atomic E-state index is 6.11. The highest BCUT2D eigenvalue weighted by Gasteiger charge is 2.09. The van der Waals surface area contributed by atoms with Gasteiger partial charge in [0, 0.05) is 10.8 Å². The molecule has 2 rings (SSSR count). The normalized spacial score (nSPS) is 13.3. The van der Waals surface area contributed by atoms with Crippen LogP contribution in [0.1, 0.15) is 31.5 Å². The van der Waals surface area contributed by atoms with Gasteiger partial charge in [-0.3, -0.25) is 4.68 Å². The molecule has 0 aliphatic heterocycles. The zero-order chi connectivity index (χ0) is 12.3. The second kappa shape index (κ2) is 4.80. The number of allylic oxidation sites excluding steroid dienone is 3. The van der Waals surface area contributed by atoms with Crippen LogP contribution in [0, 0.1) is 11.8 Å². The molecular formula is C15H16N2. The Kier molecular flexibility index (Phi) is 3.20. The minimum absolute atomic E-state index is 0.874. The lowest BCUT2D eigenvalue weighted by molar-refractivity contribution is 0.951. The molecule has 0 bridgehead atoms. The van der Waals surface area contributed by atoms with Crippen LogP contribution in [0.4, 0.5) is 0 Å². The van der Waals surface area contributed by atoms with Crippen molar-refractivity contribution in [3.8, 4) is 11.8 Å². The molecule has 2 nitrogen and oxygen atoms in total. The van der Waals surface area contributed by atoms with Crippen molar-refractivity contribution >= 4 is 18.2 Å². The van der Waals surface area contributed by atoms with Gasteiger partial charge in [0.1, 0.15) is 5.69 Å². The summed E-state index contributed by atoms with van der Waals surface area (Å²) >= 11 is 0. The van der Waals surface area contributed by atoms with Crippen molar-refractivity contribution in [2.24, 2.45) is 0 Å². The van der Waals surface area contributed by atoms with E-state index in [0.717, 1.165) is 28.2 Å². The van der Waals surface area contributed by atoms with Gasteiger partial charge in [-0.05, 0) is 26.2 Å². The maximum atomic E-state index is 6.11. The van der Waals surface area contributed by atoms with E-state index in [1.165, 1.54) is 0 Å². The molecule has 0 amide bonds. The number of nitrogens with two attached hydrogens (primary N) is 1. The molecule has 1 aromatic heterocycles. The average Bonchev–Trinajstić information content (AvgIpc) is 2.52. The highest BCUT2D eigenvalue weighted by molar-refractivity contribution is 5.63. The number of fused-ring (bicyclic) bond motifs is 1. The van der Waals surface area contributed by atoms with Crippen LogP contribution in [0.5, 0.6) is 0 Å². The molecule has 0 radical (unpaired) electrons. The molecule has 0 unspecified atom stereocenters. The summed E-state index contributed by atoms with van der Waals surface area (Å²) in [5, 5.41) is 2.19. The Balaban J connectivity index is 2.92. The quantitative estimate of drug-likeness (QED) is 0.562. The molecule has 2 N–H and O–H groups in total. The Bertz CT molecular complexity index is 658. The molecule has 1 aliphatic carbocycles. The highest BCUT2D eigenvalue weighted by atomic mass is 15.3. The summed E-state index contributed by atoms with van der Waals surface area (Å²) in [6.45, 7) is 3.82. The van der Waals surface area contributed by atoms with Crippen molar-refractivity contribution in [2.75, 3.05) is 5.84 Å². The van der Waals surface area contributed by atoms with E-state index in [-0.39, 0.29) is 0 Å². The summed E-state index contributed by atoms with van der Waals surface area (Å²) in [7, 11) is 0. The van der Waals surface area contributed by atoms with Crippen LogP contribution in [0.25, 0.3) is 18.2 Å². The number of rotatable bonds is 1. The van der Waals surface area contributed by atoms with Gasteiger partial charge < -0.3 is 5.84 Å². The Hall–Kier alpha value is -2.14. The molecule has 1 aliphatic rings. The topological polar surface area (TPSA) is 30.9 Å². The summed E-state index contributed by atoms with van der Waals surface area (Å²) < 4.78 is 1.69. The van der Waals surface area contributed by atoms with E-state index >= 15 is 0 Å². The van der Waals surface area contributed by atoms with Crippen LogP contribution in [-0.4, -0.2) is 4.68 Å². The Labute approximate surface area is 101 Å². The molecule has 17 heavy (non-hydrogen) atoms. The number of nitrogen functional groups attached to an aromatic ring is 1. The molecule has 86 valence electrons. The zero-order valence-electron chi connectivity index (χ0n) is 10.2. The van der Waals surface area contributed by atoms with Crippen molar-refractivity contribution in [1.82, 2.24) is 4.68 Å². The Morgan fingerprint density at radius 1 is 1.47 bits per heavy atom. The van der Waals surface area contributed by atoms with Crippen LogP contribution in [0.15, 0.2) is 18.2 Å². The first-order chi connectivity index (χ1) is 8.29. The predicted molar refractivity (Wildman–Crippen MR) is 73.8 cm³/mol. The summed E-state index contributed by atoms with van der Waals surface area (Å²) in [5.74, 6) is 12.1. The van der Waals surface area contributed by atoms with Crippen LogP contribution < -0.4 is 16.4 Å². The van der Waals surface area contributed by atoms with Crippen molar-refractivity contribution < 1.29 is 0 Å². The van der Waals surface area contributed by atoms with Crippen molar-refractivity contribution in [1.29, 1.82) is 0 Å². The lowest BCUT2D eigenvalue weighted by Crippen LogP contribution is -2.34. The maximum Gasteiger partial charge on any atom is 0.120 e. The van der Waals surface area contributed by atoms with Gasteiger partial charge in [0.2, 0.25) is 0 Å². The van der Waals surface area contributed by atoms with E-state index < -0.39 is 0 Å². The van der Waals surface area contributed by atoms with Crippen molar-refractivity contribution in [3.05, 3.63) is 40.1 Å². The van der Waals surface area contributed by atoms with Gasteiger partial charge in [-0.25, -0.2) is 0 Å². The first-order valence-corrected chi connectivity index (χ1v) is 5.72. The molecule has 2 heteroatoms. The molecule has 1 aromatic rings. The van der Waals surface area contributed by atoms with E-state index in [1.54, 1.807) is 4.68 Å². The first kappa shape index (κ1) is 11.3. The fourth-order valence-electron chi connectivity index (χ4n) is 2.03. The van der Waals surface area contributed by atoms with Crippen LogP contribution in [-0.2, 0) is 0 Å². The highest BCUT2D eigenvalue weighted by Crippen LogP contribution is 2.03. The lowest BCUT2D eigenvalue weighted by Gasteiger charge is -1.96. The van der Waals surface area contributed by atoms with Gasteiger partial charge in [0.05, 0.1) is 5.35 Å². The monoisotopic (exact) mass is 224 g/mol.